The first kappa shape index (κ1) is 22.7. The minimum Gasteiger partial charge on any atom is -0.488 e. The summed E-state index contributed by atoms with van der Waals surface area (Å²) in [6.07, 6.45) is 3.74. The van der Waals surface area contributed by atoms with Crippen molar-refractivity contribution < 1.29 is 28.9 Å². The molecule has 11 heteroatoms. The van der Waals surface area contributed by atoms with E-state index >= 15 is 0 Å². The first-order valence-corrected chi connectivity index (χ1v) is 9.76. The number of nitrogens with one attached hydrogen (secondary N) is 1. The zero-order chi connectivity index (χ0) is 23.1. The summed E-state index contributed by atoms with van der Waals surface area (Å²) < 4.78 is 18.3. The van der Waals surface area contributed by atoms with Crippen molar-refractivity contribution in [3.8, 4) is 17.4 Å². The molecule has 1 amide bonds. The summed E-state index contributed by atoms with van der Waals surface area (Å²) in [6.45, 7) is 4.79. The summed E-state index contributed by atoms with van der Waals surface area (Å²) in [7, 11) is 1.56. The smallest absolute Gasteiger partial charge is 0.356 e. The predicted octanol–water partition coefficient (Wildman–Crippen LogP) is 2.85. The second kappa shape index (κ2) is 10.4. The molecule has 1 aromatic carbocycles. The summed E-state index contributed by atoms with van der Waals surface area (Å²) in [5, 5.41) is 15.9. The number of aryl methyl sites for hydroxylation is 1. The normalized spacial score (nSPS) is 11.6. The van der Waals surface area contributed by atoms with Gasteiger partial charge in [0.1, 0.15) is 17.6 Å². The molecule has 2 N–H and O–H groups in total. The van der Waals surface area contributed by atoms with Crippen LogP contribution >= 0.6 is 0 Å². The largest absolute Gasteiger partial charge is 0.488 e. The van der Waals surface area contributed by atoms with Crippen molar-refractivity contribution in [2.24, 2.45) is 0 Å². The lowest BCUT2D eigenvalue weighted by atomic mass is 10.2. The summed E-state index contributed by atoms with van der Waals surface area (Å²) in [5.74, 6) is -0.497. The Balaban J connectivity index is 1.85. The number of carboxylic acid groups (broad SMARTS) is 1. The highest BCUT2D eigenvalue weighted by atomic mass is 16.5. The van der Waals surface area contributed by atoms with Crippen molar-refractivity contribution in [2.45, 2.75) is 26.5 Å². The van der Waals surface area contributed by atoms with E-state index in [9.17, 15) is 9.59 Å². The van der Waals surface area contributed by atoms with Crippen molar-refractivity contribution in [2.75, 3.05) is 19.0 Å². The summed E-state index contributed by atoms with van der Waals surface area (Å²) >= 11 is 0. The predicted molar refractivity (Wildman–Crippen MR) is 113 cm³/mol. The molecule has 11 nitrogen and oxygen atoms in total. The van der Waals surface area contributed by atoms with Crippen LogP contribution < -0.4 is 14.8 Å². The van der Waals surface area contributed by atoms with Gasteiger partial charge in [-0.3, -0.25) is 9.48 Å². The van der Waals surface area contributed by atoms with E-state index in [0.29, 0.717) is 24.7 Å². The molecule has 0 fully saturated rings. The second-order valence-electron chi connectivity index (χ2n) is 6.73. The highest BCUT2D eigenvalue weighted by Gasteiger charge is 2.15. The van der Waals surface area contributed by atoms with Gasteiger partial charge in [-0.15, -0.1) is 0 Å². The molecule has 0 bridgehead atoms. The Hall–Kier alpha value is -3.99. The van der Waals surface area contributed by atoms with Gasteiger partial charge in [-0.1, -0.05) is 0 Å². The summed E-state index contributed by atoms with van der Waals surface area (Å²) in [6, 6.07) is 6.36. The van der Waals surface area contributed by atoms with Crippen LogP contribution in [-0.4, -0.2) is 56.6 Å². The molecule has 0 radical (unpaired) electrons. The van der Waals surface area contributed by atoms with Gasteiger partial charge in [0.2, 0.25) is 5.88 Å². The number of aromatic carboxylic acids is 1. The number of carbonyl (C=O) groups is 2. The minimum atomic E-state index is -1.20. The van der Waals surface area contributed by atoms with E-state index in [1.54, 1.807) is 36.2 Å². The lowest BCUT2D eigenvalue weighted by Gasteiger charge is -2.16. The Morgan fingerprint density at radius 2 is 1.97 bits per heavy atom. The van der Waals surface area contributed by atoms with Crippen LogP contribution in [0.3, 0.4) is 0 Å². The van der Waals surface area contributed by atoms with Crippen LogP contribution in [0.2, 0.25) is 0 Å². The van der Waals surface area contributed by atoms with E-state index in [-0.39, 0.29) is 29.0 Å². The number of hydrogen-bond acceptors (Lipinski definition) is 8. The number of amides is 1. The van der Waals surface area contributed by atoms with Crippen LogP contribution in [0.4, 0.5) is 5.82 Å². The van der Waals surface area contributed by atoms with Gasteiger partial charge in [-0.05, 0) is 26.0 Å². The fraction of sp³-hybridized carbons (Fsp3) is 0.286. The van der Waals surface area contributed by atoms with E-state index in [1.807, 2.05) is 13.8 Å². The van der Waals surface area contributed by atoms with Crippen molar-refractivity contribution in [3.63, 3.8) is 0 Å². The molecule has 0 aliphatic heterocycles. The van der Waals surface area contributed by atoms with E-state index in [4.69, 9.17) is 19.3 Å². The van der Waals surface area contributed by atoms with Gasteiger partial charge in [0.05, 0.1) is 19.0 Å². The Labute approximate surface area is 184 Å². The van der Waals surface area contributed by atoms with Crippen LogP contribution in [0.15, 0.2) is 42.9 Å². The van der Waals surface area contributed by atoms with Crippen LogP contribution in [0.1, 0.15) is 34.7 Å². The monoisotopic (exact) mass is 441 g/mol. The maximum absolute atomic E-state index is 12.8. The van der Waals surface area contributed by atoms with Crippen LogP contribution in [0.25, 0.3) is 0 Å². The van der Waals surface area contributed by atoms with Gasteiger partial charge in [0.25, 0.3) is 5.91 Å². The number of methoxy groups -OCH3 is 1. The molecule has 1 atom stereocenters. The molecule has 2 heterocycles. The van der Waals surface area contributed by atoms with Gasteiger partial charge in [0, 0.05) is 37.5 Å². The molecule has 168 valence electrons. The third-order valence-electron chi connectivity index (χ3n) is 4.16. The van der Waals surface area contributed by atoms with Crippen molar-refractivity contribution in [1.29, 1.82) is 0 Å². The number of anilines is 1. The molecule has 0 saturated heterocycles. The number of nitrogens with zero attached hydrogens (tertiary/aromatic N) is 4. The van der Waals surface area contributed by atoms with Crippen molar-refractivity contribution in [1.82, 2.24) is 19.7 Å². The number of hydrogen-bond donors (Lipinski definition) is 2. The number of rotatable bonds is 10. The Morgan fingerprint density at radius 1 is 1.19 bits per heavy atom. The third kappa shape index (κ3) is 6.01. The van der Waals surface area contributed by atoms with Gasteiger partial charge >= 0.3 is 5.97 Å². The van der Waals surface area contributed by atoms with E-state index < -0.39 is 11.9 Å². The topological polar surface area (TPSA) is 138 Å². The van der Waals surface area contributed by atoms with Gasteiger partial charge < -0.3 is 24.6 Å². The Bertz CT molecular complexity index is 1080. The molecule has 2 aromatic heterocycles. The highest BCUT2D eigenvalue weighted by Crippen LogP contribution is 2.27. The molecule has 3 rings (SSSR count). The number of benzene rings is 1. The van der Waals surface area contributed by atoms with Gasteiger partial charge in [-0.2, -0.15) is 5.10 Å². The average molecular weight is 441 g/mol. The van der Waals surface area contributed by atoms with E-state index in [0.717, 1.165) is 6.20 Å². The molecule has 0 aliphatic carbocycles. The number of ether oxygens (including phenoxy) is 3. The first-order valence-electron chi connectivity index (χ1n) is 9.76. The molecule has 0 aliphatic rings. The van der Waals surface area contributed by atoms with Gasteiger partial charge in [0.15, 0.2) is 11.5 Å². The molecule has 0 spiro atoms. The highest BCUT2D eigenvalue weighted by molar-refractivity contribution is 6.04. The molecule has 0 saturated carbocycles. The van der Waals surface area contributed by atoms with Gasteiger partial charge in [-0.25, -0.2) is 14.8 Å². The molecular weight excluding hydrogens is 418 g/mol. The molecule has 0 unspecified atom stereocenters. The fourth-order valence-corrected chi connectivity index (χ4v) is 2.72. The van der Waals surface area contributed by atoms with Crippen LogP contribution in [0, 0.1) is 0 Å². The minimum absolute atomic E-state index is 0.0603. The fourth-order valence-electron chi connectivity index (χ4n) is 2.72. The standard InChI is InChI=1S/C21H23N5O6/c1-4-26-6-5-18(25-26)24-20(27)14-7-15(31-13(2)12-30-3)9-16(8-14)32-19-11-22-17(10-23-19)21(28)29/h5-11,13H,4,12H2,1-3H3,(H,28,29)(H,24,25,27)/t13-/m0/s1. The van der Waals surface area contributed by atoms with Crippen LogP contribution in [0.5, 0.6) is 17.4 Å². The lowest BCUT2D eigenvalue weighted by Crippen LogP contribution is -2.18. The zero-order valence-electron chi connectivity index (χ0n) is 17.8. The maximum atomic E-state index is 12.8. The van der Waals surface area contributed by atoms with Crippen molar-refractivity contribution >= 4 is 17.7 Å². The zero-order valence-corrected chi connectivity index (χ0v) is 17.8. The summed E-state index contributed by atoms with van der Waals surface area (Å²) in [5.41, 5.74) is 0.0534. The summed E-state index contributed by atoms with van der Waals surface area (Å²) in [4.78, 5) is 31.4. The van der Waals surface area contributed by atoms with E-state index in [2.05, 4.69) is 20.4 Å². The van der Waals surface area contributed by atoms with Crippen molar-refractivity contribution in [3.05, 3.63) is 54.1 Å². The number of carboxylic acids is 1. The lowest BCUT2D eigenvalue weighted by molar-refractivity contribution is 0.0689. The third-order valence-corrected chi connectivity index (χ3v) is 4.16. The van der Waals surface area contributed by atoms with E-state index in [1.165, 1.54) is 12.3 Å². The SMILES string of the molecule is CCn1ccc(NC(=O)c2cc(Oc3cnc(C(=O)O)cn3)cc(O[C@@H](C)COC)c2)n1. The number of carbonyl (C=O) groups excluding carboxylic acids is 1. The maximum Gasteiger partial charge on any atom is 0.356 e. The Kier molecular flexibility index (Phi) is 7.34. The molecule has 32 heavy (non-hydrogen) atoms. The average Bonchev–Trinajstić information content (AvgIpc) is 3.21. The molecule has 3 aromatic rings. The first-order chi connectivity index (χ1) is 15.4. The number of aromatic nitrogens is 4. The Morgan fingerprint density at radius 3 is 2.59 bits per heavy atom. The second-order valence-corrected chi connectivity index (χ2v) is 6.73. The quantitative estimate of drug-likeness (QED) is 0.486. The van der Waals surface area contributed by atoms with Crippen LogP contribution in [-0.2, 0) is 11.3 Å². The molecular formula is C21H23N5O6.